The van der Waals surface area contributed by atoms with Crippen LogP contribution in [0.25, 0.3) is 0 Å². The Balaban J connectivity index is 2.14. The van der Waals surface area contributed by atoms with Crippen LogP contribution in [0, 0.1) is 12.3 Å². The number of hydrogen-bond acceptors (Lipinski definition) is 3. The van der Waals surface area contributed by atoms with Crippen molar-refractivity contribution in [3.8, 4) is 12.3 Å². The fourth-order valence-corrected chi connectivity index (χ4v) is 2.44. The molecule has 0 aliphatic heterocycles. The predicted octanol–water partition coefficient (Wildman–Crippen LogP) is 3.19. The summed E-state index contributed by atoms with van der Waals surface area (Å²) < 4.78 is 0.577. The van der Waals surface area contributed by atoms with Crippen LogP contribution in [0.2, 0.25) is 4.34 Å². The van der Waals surface area contributed by atoms with Gasteiger partial charge in [-0.05, 0) is 24.3 Å². The molecule has 2 aromatic rings. The molecule has 0 bridgehead atoms. The molecule has 5 heteroatoms. The molecular weight excluding hydrogens is 280 g/mol. The van der Waals surface area contributed by atoms with Gasteiger partial charge in [0.15, 0.2) is 0 Å². The molecule has 3 nitrogen and oxygen atoms in total. The lowest BCUT2D eigenvalue weighted by Crippen LogP contribution is -2.42. The van der Waals surface area contributed by atoms with E-state index in [9.17, 15) is 4.79 Å². The van der Waals surface area contributed by atoms with Crippen molar-refractivity contribution in [3.63, 3.8) is 0 Å². The minimum atomic E-state index is -0.226. The van der Waals surface area contributed by atoms with Gasteiger partial charge in [0.2, 0.25) is 0 Å². The van der Waals surface area contributed by atoms with E-state index >= 15 is 0 Å². The van der Waals surface area contributed by atoms with Gasteiger partial charge in [-0.15, -0.1) is 17.8 Å². The molecule has 0 saturated heterocycles. The van der Waals surface area contributed by atoms with E-state index in [1.54, 1.807) is 17.1 Å². The quantitative estimate of drug-likeness (QED) is 0.693. The van der Waals surface area contributed by atoms with Gasteiger partial charge in [0, 0.05) is 0 Å². The summed E-state index contributed by atoms with van der Waals surface area (Å²) in [4.78, 5) is 12.6. The van der Waals surface area contributed by atoms with Crippen molar-refractivity contribution in [1.29, 1.82) is 0 Å². The topological polar surface area (TPSA) is 32.3 Å². The van der Waals surface area contributed by atoms with Crippen LogP contribution in [0.3, 0.4) is 0 Å². The molecule has 1 amide bonds. The Kier molecular flexibility index (Phi) is 4.45. The van der Waals surface area contributed by atoms with Crippen LogP contribution in [0.15, 0.2) is 42.5 Å². The van der Waals surface area contributed by atoms with Crippen LogP contribution in [-0.2, 0) is 0 Å². The molecule has 0 saturated carbocycles. The third kappa shape index (κ3) is 3.50. The molecule has 1 aromatic carbocycles. The summed E-state index contributed by atoms with van der Waals surface area (Å²) in [6.07, 6.45) is 5.32. The number of thiophene rings is 1. The average Bonchev–Trinajstić information content (AvgIpc) is 2.86. The number of terminal acetylenes is 1. The van der Waals surface area contributed by atoms with Gasteiger partial charge in [-0.2, -0.15) is 0 Å². The smallest absolute Gasteiger partial charge is 0.273 e. The van der Waals surface area contributed by atoms with Gasteiger partial charge in [-0.3, -0.25) is 15.2 Å². The first-order valence-corrected chi connectivity index (χ1v) is 6.72. The molecule has 0 spiro atoms. The molecule has 0 radical (unpaired) electrons. The van der Waals surface area contributed by atoms with E-state index in [0.717, 1.165) is 5.69 Å². The molecule has 0 atom stereocenters. The lowest BCUT2D eigenvalue weighted by atomic mass is 10.3. The maximum absolute atomic E-state index is 12.0. The number of amides is 1. The van der Waals surface area contributed by atoms with Crippen LogP contribution >= 0.6 is 22.9 Å². The average molecular weight is 291 g/mol. The van der Waals surface area contributed by atoms with Gasteiger partial charge in [-0.1, -0.05) is 35.7 Å². The highest BCUT2D eigenvalue weighted by Crippen LogP contribution is 2.21. The Hall–Kier alpha value is -1.96. The normalized spacial score (nSPS) is 9.68. The number of para-hydroxylation sites is 1. The highest BCUT2D eigenvalue weighted by molar-refractivity contribution is 7.18. The van der Waals surface area contributed by atoms with E-state index in [1.165, 1.54) is 11.3 Å². The molecule has 0 aliphatic carbocycles. The van der Waals surface area contributed by atoms with Crippen molar-refractivity contribution in [2.75, 3.05) is 11.6 Å². The van der Waals surface area contributed by atoms with Crippen molar-refractivity contribution < 1.29 is 4.79 Å². The van der Waals surface area contributed by atoms with Gasteiger partial charge < -0.3 is 0 Å². The SMILES string of the molecule is C#CCN(NC(=O)c1ccc(Cl)s1)c1ccccc1. The molecule has 0 unspecified atom stereocenters. The minimum Gasteiger partial charge on any atom is -0.273 e. The summed E-state index contributed by atoms with van der Waals surface area (Å²) in [5, 5.41) is 1.62. The zero-order chi connectivity index (χ0) is 13.7. The Morgan fingerprint density at radius 2 is 2.05 bits per heavy atom. The van der Waals surface area contributed by atoms with Crippen molar-refractivity contribution >= 4 is 34.5 Å². The summed E-state index contributed by atoms with van der Waals surface area (Å²) >= 11 is 7.04. The monoisotopic (exact) mass is 290 g/mol. The second-order valence-corrected chi connectivity index (χ2v) is 5.39. The Labute approximate surface area is 120 Å². The lowest BCUT2D eigenvalue weighted by molar-refractivity contribution is 0.0954. The van der Waals surface area contributed by atoms with Gasteiger partial charge in [-0.25, -0.2) is 0 Å². The van der Waals surface area contributed by atoms with Crippen molar-refractivity contribution in [2.24, 2.45) is 0 Å². The van der Waals surface area contributed by atoms with Crippen LogP contribution < -0.4 is 10.4 Å². The predicted molar refractivity (Wildman–Crippen MR) is 79.4 cm³/mol. The number of hydrazine groups is 1. The maximum atomic E-state index is 12.0. The molecular formula is C14H11ClN2OS. The molecule has 1 heterocycles. The molecule has 96 valence electrons. The van der Waals surface area contributed by atoms with Crippen molar-refractivity contribution in [1.82, 2.24) is 5.43 Å². The fraction of sp³-hybridized carbons (Fsp3) is 0.0714. The van der Waals surface area contributed by atoms with E-state index in [4.69, 9.17) is 18.0 Å². The summed E-state index contributed by atoms with van der Waals surface area (Å²) in [6.45, 7) is 0.287. The number of carbonyl (C=O) groups excluding carboxylic acids is 1. The van der Waals surface area contributed by atoms with E-state index in [1.807, 2.05) is 30.3 Å². The summed E-state index contributed by atoms with van der Waals surface area (Å²) in [5.74, 6) is 2.29. The molecule has 0 aliphatic rings. The van der Waals surface area contributed by atoms with E-state index < -0.39 is 0 Å². The number of benzene rings is 1. The second-order valence-electron chi connectivity index (χ2n) is 3.67. The molecule has 0 fully saturated rings. The largest absolute Gasteiger partial charge is 0.279 e. The standard InChI is InChI=1S/C14H11ClN2OS/c1-2-10-17(11-6-4-3-5-7-11)16-14(18)12-8-9-13(15)19-12/h1,3-9H,10H2,(H,16,18). The number of nitrogens with zero attached hydrogens (tertiary/aromatic N) is 1. The summed E-state index contributed by atoms with van der Waals surface area (Å²) in [5.41, 5.74) is 3.60. The fourth-order valence-electron chi connectivity index (χ4n) is 1.51. The highest BCUT2D eigenvalue weighted by atomic mass is 35.5. The number of rotatable bonds is 4. The van der Waals surface area contributed by atoms with Crippen molar-refractivity contribution in [2.45, 2.75) is 0 Å². The van der Waals surface area contributed by atoms with Gasteiger partial charge >= 0.3 is 0 Å². The van der Waals surface area contributed by atoms with Crippen LogP contribution in [0.4, 0.5) is 5.69 Å². The minimum absolute atomic E-state index is 0.226. The first-order chi connectivity index (χ1) is 9.20. The van der Waals surface area contributed by atoms with E-state index in [-0.39, 0.29) is 12.5 Å². The molecule has 19 heavy (non-hydrogen) atoms. The zero-order valence-electron chi connectivity index (χ0n) is 9.97. The Morgan fingerprint density at radius 3 is 2.63 bits per heavy atom. The van der Waals surface area contributed by atoms with E-state index in [0.29, 0.717) is 9.21 Å². The number of carbonyl (C=O) groups is 1. The van der Waals surface area contributed by atoms with Crippen LogP contribution in [-0.4, -0.2) is 12.5 Å². The first-order valence-electron chi connectivity index (χ1n) is 5.53. The molecule has 2 rings (SSSR count). The Morgan fingerprint density at radius 1 is 1.32 bits per heavy atom. The highest BCUT2D eigenvalue weighted by Gasteiger charge is 2.12. The number of hydrogen-bond donors (Lipinski definition) is 1. The maximum Gasteiger partial charge on any atom is 0.279 e. The molecule has 1 aromatic heterocycles. The third-order valence-electron chi connectivity index (χ3n) is 2.35. The number of nitrogens with one attached hydrogen (secondary N) is 1. The van der Waals surface area contributed by atoms with Crippen LogP contribution in [0.5, 0.6) is 0 Å². The van der Waals surface area contributed by atoms with Crippen LogP contribution in [0.1, 0.15) is 9.67 Å². The summed E-state index contributed by atoms with van der Waals surface area (Å²) in [6, 6.07) is 12.8. The number of anilines is 1. The first kappa shape index (κ1) is 13.5. The van der Waals surface area contributed by atoms with Gasteiger partial charge in [0.25, 0.3) is 5.91 Å². The van der Waals surface area contributed by atoms with Crippen molar-refractivity contribution in [3.05, 3.63) is 51.7 Å². The van der Waals surface area contributed by atoms with Gasteiger partial charge in [0.1, 0.15) is 0 Å². The van der Waals surface area contributed by atoms with Gasteiger partial charge in [0.05, 0.1) is 21.4 Å². The molecule has 1 N–H and O–H groups in total. The zero-order valence-corrected chi connectivity index (χ0v) is 11.5. The lowest BCUT2D eigenvalue weighted by Gasteiger charge is -2.22. The third-order valence-corrected chi connectivity index (χ3v) is 3.58. The van der Waals surface area contributed by atoms with E-state index in [2.05, 4.69) is 11.3 Å². The summed E-state index contributed by atoms with van der Waals surface area (Å²) in [7, 11) is 0. The second kappa shape index (κ2) is 6.28. The Bertz CT molecular complexity index is 603. The number of halogens is 1.